The summed E-state index contributed by atoms with van der Waals surface area (Å²) >= 11 is 0. The van der Waals surface area contributed by atoms with Crippen molar-refractivity contribution in [1.82, 2.24) is 26.2 Å². The van der Waals surface area contributed by atoms with Crippen LogP contribution in [0, 0.1) is 5.92 Å². The van der Waals surface area contributed by atoms with Crippen molar-refractivity contribution in [2.45, 2.75) is 88.6 Å². The second-order valence-corrected chi connectivity index (χ2v) is 12.0. The van der Waals surface area contributed by atoms with Gasteiger partial charge in [-0.25, -0.2) is 4.79 Å². The number of carbonyl (C=O) groups excluding carboxylic acids is 5. The largest absolute Gasteiger partial charge is 0.481 e. The minimum atomic E-state index is -1.57. The van der Waals surface area contributed by atoms with E-state index in [0.717, 1.165) is 0 Å². The molecule has 0 aliphatic carbocycles. The van der Waals surface area contributed by atoms with Gasteiger partial charge in [-0.05, 0) is 37.2 Å². The molecule has 1 fully saturated rings. The minimum absolute atomic E-state index is 0.0362. The van der Waals surface area contributed by atoms with E-state index >= 15 is 0 Å². The molecule has 48 heavy (non-hydrogen) atoms. The lowest BCUT2D eigenvalue weighted by molar-refractivity contribution is -0.143. The van der Waals surface area contributed by atoms with Crippen LogP contribution in [-0.2, 0) is 40.0 Å². The molecule has 0 bridgehead atoms. The third-order valence-corrected chi connectivity index (χ3v) is 7.69. The van der Waals surface area contributed by atoms with Gasteiger partial charge in [-0.1, -0.05) is 44.2 Å². The molecule has 0 aromatic heterocycles. The number of carboxylic acid groups (broad SMARTS) is 2. The van der Waals surface area contributed by atoms with E-state index in [1.807, 2.05) is 13.8 Å². The predicted molar refractivity (Wildman–Crippen MR) is 169 cm³/mol. The average Bonchev–Trinajstić information content (AvgIpc) is 3.54. The molecule has 17 heteroatoms. The highest BCUT2D eigenvalue weighted by molar-refractivity contribution is 5.96. The Hall–Kier alpha value is -4.61. The third kappa shape index (κ3) is 12.2. The molecule has 1 heterocycles. The first-order chi connectivity index (χ1) is 22.7. The van der Waals surface area contributed by atoms with Gasteiger partial charge in [0.25, 0.3) is 0 Å². The van der Waals surface area contributed by atoms with Crippen LogP contribution >= 0.6 is 0 Å². The number of benzene rings is 1. The van der Waals surface area contributed by atoms with Gasteiger partial charge >= 0.3 is 11.9 Å². The molecule has 0 radical (unpaired) electrons. The molecule has 1 aliphatic rings. The number of nitrogens with one attached hydrogen (secondary N) is 4. The van der Waals surface area contributed by atoms with E-state index < -0.39 is 104 Å². The molecular formula is C31H46N6O11. The van der Waals surface area contributed by atoms with Crippen LogP contribution in [-0.4, -0.2) is 123 Å². The van der Waals surface area contributed by atoms with Gasteiger partial charge in [0.15, 0.2) is 0 Å². The molecule has 0 saturated carbocycles. The molecular weight excluding hydrogens is 632 g/mol. The van der Waals surface area contributed by atoms with Crippen molar-refractivity contribution >= 4 is 41.5 Å². The maximum atomic E-state index is 13.5. The zero-order valence-electron chi connectivity index (χ0n) is 27.0. The summed E-state index contributed by atoms with van der Waals surface area (Å²) in [4.78, 5) is 89.7. The van der Waals surface area contributed by atoms with Crippen molar-refractivity contribution in [2.24, 2.45) is 11.7 Å². The van der Waals surface area contributed by atoms with E-state index in [0.29, 0.717) is 12.0 Å². The summed E-state index contributed by atoms with van der Waals surface area (Å²) in [5, 5.41) is 47.3. The molecule has 0 spiro atoms. The van der Waals surface area contributed by atoms with Crippen LogP contribution in [0.25, 0.3) is 0 Å². The third-order valence-electron chi connectivity index (χ3n) is 7.69. The van der Waals surface area contributed by atoms with Crippen molar-refractivity contribution in [2.75, 3.05) is 19.8 Å². The van der Waals surface area contributed by atoms with Crippen LogP contribution in [0.2, 0.25) is 0 Å². The number of likely N-dealkylation sites (tertiary alicyclic amines) is 1. The molecule has 2 rings (SSSR count). The number of carbonyl (C=O) groups is 7. The first kappa shape index (κ1) is 39.6. The summed E-state index contributed by atoms with van der Waals surface area (Å²) < 4.78 is 0. The van der Waals surface area contributed by atoms with E-state index in [9.17, 15) is 48.9 Å². The van der Waals surface area contributed by atoms with Gasteiger partial charge in [-0.3, -0.25) is 28.8 Å². The SMILES string of the molecule is CC(C)C[C@H](NC(=O)[C@@H](N)CO)C(=O)N1CCC[C@H]1C(=O)N[C@@H](CO)C(=O)N[C@@H](Cc1ccccc1)C(=O)N[C@@H](CCC(=O)O)C(=O)O. The quantitative estimate of drug-likeness (QED) is 0.0733. The molecule has 1 aliphatic heterocycles. The number of nitrogens with two attached hydrogens (primary N) is 1. The molecule has 1 aromatic carbocycles. The summed E-state index contributed by atoms with van der Waals surface area (Å²) in [7, 11) is 0. The van der Waals surface area contributed by atoms with E-state index in [1.165, 1.54) is 4.90 Å². The number of aliphatic carboxylic acids is 2. The van der Waals surface area contributed by atoms with Crippen molar-refractivity contribution < 1.29 is 54.0 Å². The van der Waals surface area contributed by atoms with E-state index in [-0.39, 0.29) is 31.7 Å². The number of hydrogen-bond donors (Lipinski definition) is 9. The Labute approximate surface area is 277 Å². The number of aliphatic hydroxyl groups excluding tert-OH is 2. The van der Waals surface area contributed by atoms with Gasteiger partial charge in [-0.15, -0.1) is 0 Å². The highest BCUT2D eigenvalue weighted by Crippen LogP contribution is 2.21. The van der Waals surface area contributed by atoms with Crippen LogP contribution in [0.4, 0.5) is 0 Å². The number of rotatable bonds is 19. The Morgan fingerprint density at radius 2 is 1.44 bits per heavy atom. The maximum absolute atomic E-state index is 13.5. The van der Waals surface area contributed by atoms with Crippen molar-refractivity contribution in [3.63, 3.8) is 0 Å². The topological polar surface area (TPSA) is 278 Å². The van der Waals surface area contributed by atoms with E-state index in [1.54, 1.807) is 30.3 Å². The Bertz CT molecular complexity index is 1290. The lowest BCUT2D eigenvalue weighted by atomic mass is 10.0. The molecule has 6 atom stereocenters. The first-order valence-corrected chi connectivity index (χ1v) is 15.7. The fourth-order valence-electron chi connectivity index (χ4n) is 5.15. The fraction of sp³-hybridized carbons (Fsp3) is 0.581. The molecule has 5 amide bonds. The van der Waals surface area contributed by atoms with E-state index in [4.69, 9.17) is 10.8 Å². The van der Waals surface area contributed by atoms with Crippen LogP contribution in [0.1, 0.15) is 51.5 Å². The summed E-state index contributed by atoms with van der Waals surface area (Å²) in [5.41, 5.74) is 6.18. The van der Waals surface area contributed by atoms with Crippen LogP contribution in [0.5, 0.6) is 0 Å². The standard InChI is InChI=1S/C31H46N6O11/c1-17(2)13-22(35-26(42)19(32)15-38)30(46)37-12-6-9-24(37)29(45)36-23(16-39)28(44)34-21(14-18-7-4-3-5-8-18)27(43)33-20(31(47)48)10-11-25(40)41/h3-5,7-8,17,19-24,38-39H,6,9-16,32H2,1-2H3,(H,33,43)(H,34,44)(H,35,42)(H,36,45)(H,40,41)(H,47,48)/t19-,20-,21-,22-,23-,24-/m0/s1. The molecule has 1 aromatic rings. The van der Waals surface area contributed by atoms with Crippen LogP contribution in [0.15, 0.2) is 30.3 Å². The number of aliphatic hydroxyl groups is 2. The first-order valence-electron chi connectivity index (χ1n) is 15.7. The summed E-state index contributed by atoms with van der Waals surface area (Å²) in [6.07, 6.45) is -0.174. The predicted octanol–water partition coefficient (Wildman–Crippen LogP) is -2.53. The number of amides is 5. The summed E-state index contributed by atoms with van der Waals surface area (Å²) in [6, 6.07) is 0.558. The zero-order chi connectivity index (χ0) is 36.0. The molecule has 266 valence electrons. The van der Waals surface area contributed by atoms with Gasteiger partial charge in [0.2, 0.25) is 29.5 Å². The Morgan fingerprint density at radius 1 is 0.833 bits per heavy atom. The Morgan fingerprint density at radius 3 is 2.00 bits per heavy atom. The van der Waals surface area contributed by atoms with Gasteiger partial charge < -0.3 is 52.3 Å². The van der Waals surface area contributed by atoms with Gasteiger partial charge in [0, 0.05) is 19.4 Å². The second kappa shape index (κ2) is 19.3. The number of carboxylic acids is 2. The molecule has 10 N–H and O–H groups in total. The minimum Gasteiger partial charge on any atom is -0.481 e. The highest BCUT2D eigenvalue weighted by Gasteiger charge is 2.39. The van der Waals surface area contributed by atoms with Gasteiger partial charge in [0.05, 0.1) is 13.2 Å². The molecule has 1 saturated heterocycles. The van der Waals surface area contributed by atoms with Gasteiger partial charge in [-0.2, -0.15) is 0 Å². The Balaban J connectivity index is 2.20. The fourth-order valence-corrected chi connectivity index (χ4v) is 5.15. The lowest BCUT2D eigenvalue weighted by Crippen LogP contribution is -2.60. The molecule has 0 unspecified atom stereocenters. The zero-order valence-corrected chi connectivity index (χ0v) is 27.0. The van der Waals surface area contributed by atoms with Crippen molar-refractivity contribution in [1.29, 1.82) is 0 Å². The maximum Gasteiger partial charge on any atom is 0.326 e. The van der Waals surface area contributed by atoms with Crippen molar-refractivity contribution in [3.05, 3.63) is 35.9 Å². The highest BCUT2D eigenvalue weighted by atomic mass is 16.4. The molecule has 17 nitrogen and oxygen atoms in total. The van der Waals surface area contributed by atoms with Crippen LogP contribution < -0.4 is 27.0 Å². The number of hydrogen-bond acceptors (Lipinski definition) is 10. The van der Waals surface area contributed by atoms with Crippen LogP contribution in [0.3, 0.4) is 0 Å². The average molecular weight is 679 g/mol. The lowest BCUT2D eigenvalue weighted by Gasteiger charge is -2.31. The van der Waals surface area contributed by atoms with E-state index in [2.05, 4.69) is 21.3 Å². The second-order valence-electron chi connectivity index (χ2n) is 12.0. The Kier molecular flexibility index (Phi) is 15.9. The monoisotopic (exact) mass is 678 g/mol. The smallest absolute Gasteiger partial charge is 0.326 e. The normalized spacial score (nSPS) is 17.4. The van der Waals surface area contributed by atoms with Gasteiger partial charge in [0.1, 0.15) is 36.3 Å². The van der Waals surface area contributed by atoms with Crippen molar-refractivity contribution in [3.8, 4) is 0 Å². The number of nitrogens with zero attached hydrogens (tertiary/aromatic N) is 1. The summed E-state index contributed by atoms with van der Waals surface area (Å²) in [6.45, 7) is 2.32. The summed E-state index contributed by atoms with van der Waals surface area (Å²) in [5.74, 6) is -6.74.